The van der Waals surface area contributed by atoms with Gasteiger partial charge in [-0.15, -0.1) is 0 Å². The lowest BCUT2D eigenvalue weighted by Crippen LogP contribution is -2.43. The second-order valence-electron chi connectivity index (χ2n) is 9.13. The molecule has 2 aromatic rings. The van der Waals surface area contributed by atoms with Gasteiger partial charge < -0.3 is 19.5 Å². The van der Waals surface area contributed by atoms with Gasteiger partial charge in [-0.1, -0.05) is 61.0 Å². The minimum atomic E-state index is -3.54. The second kappa shape index (κ2) is 13.1. The topological polar surface area (TPSA) is 111 Å². The van der Waals surface area contributed by atoms with Crippen LogP contribution in [0, 0.1) is 5.92 Å². The Kier molecular flexibility index (Phi) is 10.1. The number of sulfone groups is 1. The van der Waals surface area contributed by atoms with Gasteiger partial charge in [-0.2, -0.15) is 0 Å². The molecule has 1 fully saturated rings. The van der Waals surface area contributed by atoms with Crippen molar-refractivity contribution >= 4 is 33.3 Å². The smallest absolute Gasteiger partial charge is 0.330 e. The van der Waals surface area contributed by atoms with Crippen molar-refractivity contribution in [2.45, 2.75) is 44.4 Å². The quantitative estimate of drug-likeness (QED) is 0.228. The van der Waals surface area contributed by atoms with Crippen molar-refractivity contribution in [3.63, 3.8) is 0 Å². The minimum absolute atomic E-state index is 0.0584. The molecular formula is C27H32ClNO7S. The van der Waals surface area contributed by atoms with Gasteiger partial charge in [-0.05, 0) is 48.1 Å². The molecule has 0 aliphatic carbocycles. The van der Waals surface area contributed by atoms with E-state index in [0.29, 0.717) is 28.7 Å². The van der Waals surface area contributed by atoms with Crippen molar-refractivity contribution in [3.8, 4) is 5.75 Å². The van der Waals surface area contributed by atoms with Gasteiger partial charge in [0.15, 0.2) is 15.8 Å². The lowest BCUT2D eigenvalue weighted by Gasteiger charge is -2.17. The van der Waals surface area contributed by atoms with Gasteiger partial charge in [0.25, 0.3) is 0 Å². The van der Waals surface area contributed by atoms with Crippen molar-refractivity contribution in [3.05, 3.63) is 76.8 Å². The highest BCUT2D eigenvalue weighted by atomic mass is 35.5. The summed E-state index contributed by atoms with van der Waals surface area (Å²) in [6.45, 7) is 2.12. The zero-order valence-corrected chi connectivity index (χ0v) is 22.6. The number of rotatable bonds is 13. The molecule has 3 rings (SSSR count). The van der Waals surface area contributed by atoms with Crippen molar-refractivity contribution in [2.24, 2.45) is 5.92 Å². The summed E-state index contributed by atoms with van der Waals surface area (Å²) in [5.41, 5.74) is 1.81. The van der Waals surface area contributed by atoms with E-state index in [2.05, 4.69) is 24.4 Å². The molecular weight excluding hydrogens is 518 g/mol. The molecule has 0 aromatic heterocycles. The van der Waals surface area contributed by atoms with Crippen LogP contribution in [0.15, 0.2) is 60.7 Å². The summed E-state index contributed by atoms with van der Waals surface area (Å²) in [4.78, 5) is 25.1. The van der Waals surface area contributed by atoms with Crippen LogP contribution < -0.4 is 10.1 Å². The number of carbonyl (C=O) groups is 2. The van der Waals surface area contributed by atoms with Gasteiger partial charge in [0.05, 0.1) is 18.2 Å². The maximum Gasteiger partial charge on any atom is 0.330 e. The summed E-state index contributed by atoms with van der Waals surface area (Å²) in [7, 11) is -2.05. The Morgan fingerprint density at radius 2 is 1.92 bits per heavy atom. The third-order valence-corrected chi connectivity index (χ3v) is 6.79. The minimum Gasteiger partial charge on any atom is -0.495 e. The Labute approximate surface area is 222 Å². The molecule has 37 heavy (non-hydrogen) atoms. The molecule has 2 aromatic carbocycles. The fourth-order valence-electron chi connectivity index (χ4n) is 3.93. The zero-order valence-electron chi connectivity index (χ0n) is 21.1. The first-order valence-corrected chi connectivity index (χ1v) is 14.4. The standard InChI is InChI=1S/C27H32ClNO7S/c1-18(25-26(36-25)20-10-5-4-6-11-20)9-7-8-12-24(30)29-22(27(31)35-17-37(3,32)33)16-19-13-14-23(34-2)21(28)15-19/h4-6,8,10-15,18,22,25-26H,7,9,16-17H2,1-3H3,(H,29,30)/b12-8+/t18-,22+,25+,26+/m0/s1. The normalized spacial score (nSPS) is 18.7. The third kappa shape index (κ3) is 9.18. The average Bonchev–Trinajstić information content (AvgIpc) is 3.66. The van der Waals surface area contributed by atoms with Crippen LogP contribution in [-0.4, -0.2) is 51.7 Å². The molecule has 1 saturated heterocycles. The van der Waals surface area contributed by atoms with Crippen molar-refractivity contribution in [1.29, 1.82) is 0 Å². The van der Waals surface area contributed by atoms with Crippen LogP contribution in [0.5, 0.6) is 5.75 Å². The number of methoxy groups -OCH3 is 1. The van der Waals surface area contributed by atoms with Crippen LogP contribution in [0.25, 0.3) is 0 Å². The highest BCUT2D eigenvalue weighted by Crippen LogP contribution is 2.44. The Bertz CT molecular complexity index is 1220. The monoisotopic (exact) mass is 549 g/mol. The highest BCUT2D eigenvalue weighted by molar-refractivity contribution is 7.90. The summed E-state index contributed by atoms with van der Waals surface area (Å²) in [5.74, 6) is -1.34. The van der Waals surface area contributed by atoms with E-state index in [1.165, 1.54) is 18.7 Å². The van der Waals surface area contributed by atoms with E-state index in [1.807, 2.05) is 18.2 Å². The van der Waals surface area contributed by atoms with Gasteiger partial charge >= 0.3 is 5.97 Å². The van der Waals surface area contributed by atoms with E-state index in [4.69, 9.17) is 25.8 Å². The van der Waals surface area contributed by atoms with Crippen LogP contribution in [0.3, 0.4) is 0 Å². The van der Waals surface area contributed by atoms with E-state index in [-0.39, 0.29) is 18.6 Å². The highest BCUT2D eigenvalue weighted by Gasteiger charge is 2.43. The number of epoxide rings is 1. The number of halogens is 1. The van der Waals surface area contributed by atoms with Gasteiger partial charge in [0.1, 0.15) is 17.9 Å². The van der Waals surface area contributed by atoms with Gasteiger partial charge in [0.2, 0.25) is 5.91 Å². The van der Waals surface area contributed by atoms with Crippen molar-refractivity contribution in [1.82, 2.24) is 5.32 Å². The number of allylic oxidation sites excluding steroid dienone is 1. The molecule has 0 saturated carbocycles. The lowest BCUT2D eigenvalue weighted by atomic mass is 9.97. The third-order valence-electron chi connectivity index (χ3n) is 5.94. The second-order valence-corrected chi connectivity index (χ2v) is 11.6. The number of esters is 1. The molecule has 0 bridgehead atoms. The van der Waals surface area contributed by atoms with E-state index in [1.54, 1.807) is 24.3 Å². The van der Waals surface area contributed by atoms with Crippen LogP contribution in [0.2, 0.25) is 5.02 Å². The van der Waals surface area contributed by atoms with E-state index in [9.17, 15) is 18.0 Å². The molecule has 0 spiro atoms. The molecule has 1 heterocycles. The lowest BCUT2D eigenvalue weighted by molar-refractivity contribution is -0.145. The number of ether oxygens (including phenoxy) is 3. The molecule has 10 heteroatoms. The first-order chi connectivity index (χ1) is 17.6. The van der Waals surface area contributed by atoms with Gasteiger partial charge in [-0.25, -0.2) is 13.2 Å². The summed E-state index contributed by atoms with van der Waals surface area (Å²) in [6, 6.07) is 13.9. The predicted octanol–water partition coefficient (Wildman–Crippen LogP) is 4.03. The van der Waals surface area contributed by atoms with Gasteiger partial charge in [-0.3, -0.25) is 4.79 Å². The largest absolute Gasteiger partial charge is 0.495 e. The maximum absolute atomic E-state index is 12.6. The SMILES string of the molecule is COc1ccc(C[C@@H](NC(=O)/C=C/CC[C@H](C)[C@H]2O[C@@H]2c2ccccc2)C(=O)OCS(C)(=O)=O)cc1Cl. The summed E-state index contributed by atoms with van der Waals surface area (Å²) < 4.78 is 38.7. The van der Waals surface area contributed by atoms with E-state index in [0.717, 1.165) is 12.7 Å². The number of nitrogens with one attached hydrogen (secondary N) is 1. The number of carbonyl (C=O) groups excluding carboxylic acids is 2. The van der Waals surface area contributed by atoms with Crippen molar-refractivity contribution < 1.29 is 32.2 Å². The Morgan fingerprint density at radius 3 is 2.57 bits per heavy atom. The number of hydrogen-bond acceptors (Lipinski definition) is 7. The molecule has 8 nitrogen and oxygen atoms in total. The summed E-state index contributed by atoms with van der Waals surface area (Å²) >= 11 is 6.17. The van der Waals surface area contributed by atoms with Gasteiger partial charge in [0, 0.05) is 12.7 Å². The molecule has 1 amide bonds. The van der Waals surface area contributed by atoms with Crippen LogP contribution in [-0.2, 0) is 35.3 Å². The number of hydrogen-bond donors (Lipinski definition) is 1. The molecule has 1 aliphatic rings. The summed E-state index contributed by atoms with van der Waals surface area (Å²) in [6.07, 6.45) is 5.90. The van der Waals surface area contributed by atoms with Crippen LogP contribution in [0.1, 0.15) is 37.0 Å². The zero-order chi connectivity index (χ0) is 27.0. The van der Waals surface area contributed by atoms with Crippen LogP contribution >= 0.6 is 11.6 Å². The molecule has 1 aliphatic heterocycles. The molecule has 1 N–H and O–H groups in total. The fraction of sp³-hybridized carbons (Fsp3) is 0.407. The Morgan fingerprint density at radius 1 is 1.19 bits per heavy atom. The number of amides is 1. The molecule has 0 radical (unpaired) electrons. The summed E-state index contributed by atoms with van der Waals surface area (Å²) in [5, 5.41) is 2.95. The van der Waals surface area contributed by atoms with E-state index < -0.39 is 33.7 Å². The fourth-order valence-corrected chi connectivity index (χ4v) is 4.54. The first-order valence-electron chi connectivity index (χ1n) is 11.9. The maximum atomic E-state index is 12.6. The first kappa shape index (κ1) is 28.7. The molecule has 0 unspecified atom stereocenters. The van der Waals surface area contributed by atoms with Crippen LogP contribution in [0.4, 0.5) is 0 Å². The average molecular weight is 550 g/mol. The Balaban J connectivity index is 1.54. The Hall–Kier alpha value is -2.88. The molecule has 200 valence electrons. The predicted molar refractivity (Wildman–Crippen MR) is 141 cm³/mol. The molecule has 4 atom stereocenters. The number of benzene rings is 2. The van der Waals surface area contributed by atoms with Crippen molar-refractivity contribution in [2.75, 3.05) is 19.3 Å². The van der Waals surface area contributed by atoms with E-state index >= 15 is 0 Å².